The molecule has 0 aromatic heterocycles. The van der Waals surface area contributed by atoms with E-state index in [9.17, 15) is 4.79 Å². The standard InChI is InChI=1S/C14H20N2O/c1-10-4-7-13(14(15)17)11(9-10)3-2-8-16-12-5-6-12/h4,7,9,12,16H,2-3,5-6,8H2,1H3,(H2,15,17). The molecule has 1 saturated carbocycles. The molecule has 3 heteroatoms. The fourth-order valence-corrected chi connectivity index (χ4v) is 2.04. The third-order valence-electron chi connectivity index (χ3n) is 3.16. The predicted octanol–water partition coefficient (Wildman–Crippen LogP) is 1.78. The van der Waals surface area contributed by atoms with Gasteiger partial charge in [-0.25, -0.2) is 0 Å². The number of primary amides is 1. The van der Waals surface area contributed by atoms with Gasteiger partial charge in [-0.3, -0.25) is 4.79 Å². The molecular formula is C14H20N2O. The van der Waals surface area contributed by atoms with Gasteiger partial charge in [0.05, 0.1) is 0 Å². The van der Waals surface area contributed by atoms with E-state index in [4.69, 9.17) is 5.73 Å². The number of carbonyl (C=O) groups is 1. The highest BCUT2D eigenvalue weighted by Crippen LogP contribution is 2.19. The Morgan fingerprint density at radius 1 is 1.47 bits per heavy atom. The molecule has 0 saturated heterocycles. The van der Waals surface area contributed by atoms with Gasteiger partial charge in [0.1, 0.15) is 0 Å². The summed E-state index contributed by atoms with van der Waals surface area (Å²) in [6.45, 7) is 3.06. The molecule has 1 fully saturated rings. The molecule has 92 valence electrons. The van der Waals surface area contributed by atoms with Crippen molar-refractivity contribution < 1.29 is 4.79 Å². The maximum atomic E-state index is 11.3. The summed E-state index contributed by atoms with van der Waals surface area (Å²) in [4.78, 5) is 11.3. The lowest BCUT2D eigenvalue weighted by Crippen LogP contribution is -2.19. The van der Waals surface area contributed by atoms with Crippen molar-refractivity contribution in [3.8, 4) is 0 Å². The third-order valence-corrected chi connectivity index (χ3v) is 3.16. The molecule has 1 aromatic carbocycles. The van der Waals surface area contributed by atoms with E-state index < -0.39 is 0 Å². The zero-order valence-corrected chi connectivity index (χ0v) is 10.3. The molecule has 0 radical (unpaired) electrons. The van der Waals surface area contributed by atoms with E-state index >= 15 is 0 Å². The van der Waals surface area contributed by atoms with Crippen molar-refractivity contribution in [3.05, 3.63) is 34.9 Å². The Morgan fingerprint density at radius 3 is 2.88 bits per heavy atom. The minimum absolute atomic E-state index is 0.324. The number of carbonyl (C=O) groups excluding carboxylic acids is 1. The van der Waals surface area contributed by atoms with Crippen molar-refractivity contribution in [2.24, 2.45) is 5.73 Å². The average Bonchev–Trinajstić information content (AvgIpc) is 3.08. The fourth-order valence-electron chi connectivity index (χ4n) is 2.04. The number of hydrogen-bond acceptors (Lipinski definition) is 2. The van der Waals surface area contributed by atoms with Crippen LogP contribution in [0.2, 0.25) is 0 Å². The molecule has 0 bridgehead atoms. The highest BCUT2D eigenvalue weighted by atomic mass is 16.1. The predicted molar refractivity (Wildman–Crippen MR) is 69.0 cm³/mol. The number of nitrogens with two attached hydrogens (primary N) is 1. The van der Waals surface area contributed by atoms with Gasteiger partial charge in [-0.05, 0) is 50.8 Å². The first-order valence-electron chi connectivity index (χ1n) is 6.29. The van der Waals surface area contributed by atoms with Crippen molar-refractivity contribution in [2.75, 3.05) is 6.54 Å². The normalized spacial score (nSPS) is 14.9. The molecule has 3 N–H and O–H groups in total. The van der Waals surface area contributed by atoms with Gasteiger partial charge in [0.25, 0.3) is 0 Å². The van der Waals surface area contributed by atoms with E-state index in [1.165, 1.54) is 18.4 Å². The molecule has 0 unspecified atom stereocenters. The Kier molecular flexibility index (Phi) is 3.79. The topological polar surface area (TPSA) is 55.1 Å². The lowest BCUT2D eigenvalue weighted by Gasteiger charge is -2.08. The van der Waals surface area contributed by atoms with Crippen LogP contribution in [0.4, 0.5) is 0 Å². The van der Waals surface area contributed by atoms with E-state index in [0.717, 1.165) is 31.0 Å². The molecule has 1 aliphatic carbocycles. The number of aryl methyl sites for hydroxylation is 2. The molecule has 0 heterocycles. The molecule has 1 amide bonds. The lowest BCUT2D eigenvalue weighted by atomic mass is 10.00. The van der Waals surface area contributed by atoms with Gasteiger partial charge in [-0.2, -0.15) is 0 Å². The summed E-state index contributed by atoms with van der Waals surface area (Å²) in [5.41, 5.74) is 8.30. The quantitative estimate of drug-likeness (QED) is 0.735. The van der Waals surface area contributed by atoms with Crippen LogP contribution in [-0.4, -0.2) is 18.5 Å². The number of amides is 1. The summed E-state index contributed by atoms with van der Waals surface area (Å²) in [6, 6.07) is 6.59. The van der Waals surface area contributed by atoms with Crippen LogP contribution in [0.15, 0.2) is 18.2 Å². The van der Waals surface area contributed by atoms with Crippen LogP contribution >= 0.6 is 0 Å². The van der Waals surface area contributed by atoms with Crippen LogP contribution in [0.3, 0.4) is 0 Å². The maximum absolute atomic E-state index is 11.3. The number of benzene rings is 1. The molecule has 0 spiro atoms. The molecule has 0 atom stereocenters. The molecule has 1 aliphatic rings. The number of nitrogens with one attached hydrogen (secondary N) is 1. The van der Waals surface area contributed by atoms with Crippen molar-refractivity contribution in [1.29, 1.82) is 0 Å². The SMILES string of the molecule is Cc1ccc(C(N)=O)c(CCCNC2CC2)c1. The minimum Gasteiger partial charge on any atom is -0.366 e. The Labute approximate surface area is 102 Å². The smallest absolute Gasteiger partial charge is 0.248 e. The van der Waals surface area contributed by atoms with Crippen LogP contribution in [0.5, 0.6) is 0 Å². The summed E-state index contributed by atoms with van der Waals surface area (Å²) in [7, 11) is 0. The van der Waals surface area contributed by atoms with Crippen LogP contribution in [0, 0.1) is 6.92 Å². The number of rotatable bonds is 6. The van der Waals surface area contributed by atoms with E-state index in [0.29, 0.717) is 5.56 Å². The van der Waals surface area contributed by atoms with Gasteiger partial charge in [0.2, 0.25) is 5.91 Å². The highest BCUT2D eigenvalue weighted by Gasteiger charge is 2.19. The summed E-state index contributed by atoms with van der Waals surface area (Å²) in [5.74, 6) is -0.324. The van der Waals surface area contributed by atoms with Gasteiger partial charge < -0.3 is 11.1 Å². The van der Waals surface area contributed by atoms with Crippen molar-refractivity contribution in [3.63, 3.8) is 0 Å². The van der Waals surface area contributed by atoms with Crippen molar-refractivity contribution >= 4 is 5.91 Å². The monoisotopic (exact) mass is 232 g/mol. The largest absolute Gasteiger partial charge is 0.366 e. The van der Waals surface area contributed by atoms with Crippen LogP contribution < -0.4 is 11.1 Å². The Hall–Kier alpha value is -1.35. The van der Waals surface area contributed by atoms with Crippen molar-refractivity contribution in [1.82, 2.24) is 5.32 Å². The first-order chi connectivity index (χ1) is 8.16. The maximum Gasteiger partial charge on any atom is 0.248 e. The summed E-state index contributed by atoms with van der Waals surface area (Å²) in [5, 5.41) is 3.47. The van der Waals surface area contributed by atoms with Gasteiger partial charge in [-0.15, -0.1) is 0 Å². The summed E-state index contributed by atoms with van der Waals surface area (Å²) >= 11 is 0. The lowest BCUT2D eigenvalue weighted by molar-refractivity contribution is 0.0999. The highest BCUT2D eigenvalue weighted by molar-refractivity contribution is 5.94. The van der Waals surface area contributed by atoms with E-state index in [2.05, 4.69) is 11.4 Å². The van der Waals surface area contributed by atoms with Crippen LogP contribution in [0.25, 0.3) is 0 Å². The Bertz CT molecular complexity index is 411. The third kappa shape index (κ3) is 3.56. The van der Waals surface area contributed by atoms with E-state index in [1.807, 2.05) is 19.1 Å². The van der Waals surface area contributed by atoms with Crippen LogP contribution in [0.1, 0.15) is 40.7 Å². The zero-order chi connectivity index (χ0) is 12.3. The van der Waals surface area contributed by atoms with E-state index in [1.54, 1.807) is 0 Å². The van der Waals surface area contributed by atoms with Crippen molar-refractivity contribution in [2.45, 2.75) is 38.6 Å². The second-order valence-electron chi connectivity index (χ2n) is 4.86. The van der Waals surface area contributed by atoms with Gasteiger partial charge >= 0.3 is 0 Å². The molecular weight excluding hydrogens is 212 g/mol. The number of hydrogen-bond donors (Lipinski definition) is 2. The van der Waals surface area contributed by atoms with Gasteiger partial charge in [0.15, 0.2) is 0 Å². The van der Waals surface area contributed by atoms with Gasteiger partial charge in [0, 0.05) is 11.6 Å². The fraction of sp³-hybridized carbons (Fsp3) is 0.500. The molecule has 2 rings (SSSR count). The molecule has 1 aromatic rings. The van der Waals surface area contributed by atoms with E-state index in [-0.39, 0.29) is 5.91 Å². The zero-order valence-electron chi connectivity index (χ0n) is 10.3. The second-order valence-corrected chi connectivity index (χ2v) is 4.86. The van der Waals surface area contributed by atoms with Gasteiger partial charge in [-0.1, -0.05) is 17.7 Å². The molecule has 3 nitrogen and oxygen atoms in total. The van der Waals surface area contributed by atoms with Crippen LogP contribution in [-0.2, 0) is 6.42 Å². The first kappa shape index (κ1) is 12.1. The Morgan fingerprint density at radius 2 is 2.24 bits per heavy atom. The summed E-state index contributed by atoms with van der Waals surface area (Å²) in [6.07, 6.45) is 4.61. The summed E-state index contributed by atoms with van der Waals surface area (Å²) < 4.78 is 0. The minimum atomic E-state index is -0.324. The molecule has 0 aliphatic heterocycles. The average molecular weight is 232 g/mol. The molecule has 17 heavy (non-hydrogen) atoms. The second kappa shape index (κ2) is 5.32. The Balaban J connectivity index is 1.92. The first-order valence-corrected chi connectivity index (χ1v) is 6.29.